The number of ether oxygens (including phenoxy) is 1. The third-order valence-corrected chi connectivity index (χ3v) is 2.78. The van der Waals surface area contributed by atoms with E-state index in [9.17, 15) is 15.0 Å². The number of carbonyl (C=O) groups is 1. The van der Waals surface area contributed by atoms with Crippen LogP contribution in [0.25, 0.3) is 21.8 Å². The number of hydrogen-bond acceptors (Lipinski definition) is 4. The molecule has 0 saturated carbocycles. The molecule has 3 rings (SSSR count). The van der Waals surface area contributed by atoms with Crippen molar-refractivity contribution in [1.82, 2.24) is 4.98 Å². The predicted octanol–water partition coefficient (Wildman–Crippen LogP) is -1.25. The molecule has 0 bridgehead atoms. The van der Waals surface area contributed by atoms with E-state index in [2.05, 4.69) is 9.72 Å². The molecule has 3 aromatic rings. The fourth-order valence-corrected chi connectivity index (χ4v) is 2.04. The zero-order valence-corrected chi connectivity index (χ0v) is 13.3. The van der Waals surface area contributed by atoms with E-state index in [1.54, 1.807) is 0 Å². The van der Waals surface area contributed by atoms with E-state index in [0.29, 0.717) is 5.52 Å². The number of carboxylic acid groups (broad SMARTS) is 1. The Bertz CT molecular complexity index is 766. The first kappa shape index (κ1) is 14.4. The molecule has 1 heterocycles. The monoisotopic (exact) mass is 281 g/mol. The van der Waals surface area contributed by atoms with Crippen molar-refractivity contribution >= 4 is 28.0 Å². The van der Waals surface area contributed by atoms with Crippen molar-refractivity contribution in [1.29, 1.82) is 0 Å². The molecule has 5 nitrogen and oxygen atoms in total. The van der Waals surface area contributed by atoms with Crippen LogP contribution in [0.15, 0.2) is 36.4 Å². The average Bonchev–Trinajstić information content (AvgIpc) is 2.66. The normalized spacial score (nSPS) is 10.3. The predicted molar refractivity (Wildman–Crippen MR) is 63.5 cm³/mol. The maximum atomic E-state index is 10.4. The van der Waals surface area contributed by atoms with E-state index in [4.69, 9.17) is 0 Å². The second kappa shape index (κ2) is 5.52. The summed E-state index contributed by atoms with van der Waals surface area (Å²) in [6, 6.07) is 10.4. The SMILES string of the molecule is O=C([O-])Oc1cc2c(cc1O)[nH]c1ccccc12.[K+]. The molecule has 0 unspecified atom stereocenters. The number of phenols is 1. The zero-order valence-electron chi connectivity index (χ0n) is 10.1. The number of hydrogen-bond donors (Lipinski definition) is 2. The number of fused-ring (bicyclic) bond motifs is 3. The maximum absolute atomic E-state index is 10.4. The summed E-state index contributed by atoms with van der Waals surface area (Å²) in [4.78, 5) is 13.5. The minimum absolute atomic E-state index is 0. The Morgan fingerprint density at radius 2 is 1.89 bits per heavy atom. The molecule has 0 spiro atoms. The van der Waals surface area contributed by atoms with Crippen molar-refractivity contribution in [2.24, 2.45) is 0 Å². The summed E-state index contributed by atoms with van der Waals surface area (Å²) >= 11 is 0. The van der Waals surface area contributed by atoms with Gasteiger partial charge in [0, 0.05) is 22.4 Å². The van der Waals surface area contributed by atoms with Crippen LogP contribution < -0.4 is 61.2 Å². The van der Waals surface area contributed by atoms with E-state index < -0.39 is 6.16 Å². The van der Waals surface area contributed by atoms with Crippen LogP contribution in [-0.2, 0) is 0 Å². The average molecular weight is 281 g/mol. The molecule has 0 aliphatic rings. The molecular formula is C13H8KNO4. The number of aromatic hydroxyl groups is 1. The number of phenolic OH excluding ortho intramolecular Hbond substituents is 1. The number of carbonyl (C=O) groups excluding carboxylic acids is 1. The van der Waals surface area contributed by atoms with Crippen molar-refractivity contribution in [3.05, 3.63) is 36.4 Å². The van der Waals surface area contributed by atoms with E-state index >= 15 is 0 Å². The quantitative estimate of drug-likeness (QED) is 0.332. The van der Waals surface area contributed by atoms with Gasteiger partial charge in [-0.2, -0.15) is 0 Å². The zero-order chi connectivity index (χ0) is 12.7. The number of aromatic amines is 1. The van der Waals surface area contributed by atoms with Gasteiger partial charge in [-0.1, -0.05) is 18.2 Å². The van der Waals surface area contributed by atoms with Gasteiger partial charge in [0.25, 0.3) is 6.16 Å². The number of para-hydroxylation sites is 1. The molecule has 0 aliphatic heterocycles. The molecule has 0 amide bonds. The van der Waals surface area contributed by atoms with Crippen LogP contribution in [0.2, 0.25) is 0 Å². The minimum atomic E-state index is -1.70. The third-order valence-electron chi connectivity index (χ3n) is 2.78. The van der Waals surface area contributed by atoms with Crippen LogP contribution >= 0.6 is 0 Å². The second-order valence-corrected chi connectivity index (χ2v) is 3.89. The molecule has 19 heavy (non-hydrogen) atoms. The Morgan fingerprint density at radius 3 is 2.63 bits per heavy atom. The Hall–Kier alpha value is -1.05. The van der Waals surface area contributed by atoms with Gasteiger partial charge in [-0.05, 0) is 12.1 Å². The molecule has 90 valence electrons. The molecule has 0 aliphatic carbocycles. The molecule has 0 radical (unpaired) electrons. The Labute approximate surface area is 150 Å². The second-order valence-electron chi connectivity index (χ2n) is 3.89. The first-order valence-corrected chi connectivity index (χ1v) is 5.27. The summed E-state index contributed by atoms with van der Waals surface area (Å²) in [5.41, 5.74) is 1.61. The molecule has 6 heteroatoms. The van der Waals surface area contributed by atoms with Crippen LogP contribution in [0.5, 0.6) is 11.5 Å². The van der Waals surface area contributed by atoms with Crippen molar-refractivity contribution in [2.75, 3.05) is 0 Å². The first-order chi connectivity index (χ1) is 8.65. The van der Waals surface area contributed by atoms with E-state index in [1.165, 1.54) is 12.1 Å². The van der Waals surface area contributed by atoms with Crippen molar-refractivity contribution in [3.63, 3.8) is 0 Å². The summed E-state index contributed by atoms with van der Waals surface area (Å²) in [7, 11) is 0. The van der Waals surface area contributed by atoms with Crippen LogP contribution in [-0.4, -0.2) is 16.2 Å². The minimum Gasteiger partial charge on any atom is -0.510 e. The Kier molecular flexibility index (Phi) is 4.17. The van der Waals surface area contributed by atoms with E-state index in [1.807, 2.05) is 24.3 Å². The van der Waals surface area contributed by atoms with Gasteiger partial charge in [0.1, 0.15) is 5.75 Å². The topological polar surface area (TPSA) is 85.4 Å². The Balaban J connectivity index is 0.00000133. The van der Waals surface area contributed by atoms with Gasteiger partial charge in [-0.3, -0.25) is 0 Å². The molecule has 2 N–H and O–H groups in total. The number of H-pyrrole nitrogens is 1. The van der Waals surface area contributed by atoms with Crippen LogP contribution in [0, 0.1) is 0 Å². The number of rotatable bonds is 1. The Morgan fingerprint density at radius 1 is 1.16 bits per heavy atom. The largest absolute Gasteiger partial charge is 1.00 e. The summed E-state index contributed by atoms with van der Waals surface area (Å²) < 4.78 is 4.41. The molecular weight excluding hydrogens is 273 g/mol. The van der Waals surface area contributed by atoms with Crippen molar-refractivity contribution in [2.45, 2.75) is 0 Å². The number of nitrogens with one attached hydrogen (secondary N) is 1. The first-order valence-electron chi connectivity index (χ1n) is 5.27. The summed E-state index contributed by atoms with van der Waals surface area (Å²) in [5, 5.41) is 21.8. The smallest absolute Gasteiger partial charge is 0.510 e. The fraction of sp³-hybridized carbons (Fsp3) is 0. The van der Waals surface area contributed by atoms with Gasteiger partial charge in [-0.25, -0.2) is 0 Å². The number of benzene rings is 2. The van der Waals surface area contributed by atoms with Crippen LogP contribution in [0.3, 0.4) is 0 Å². The fourth-order valence-electron chi connectivity index (χ4n) is 2.04. The van der Waals surface area contributed by atoms with Gasteiger partial charge >= 0.3 is 51.4 Å². The number of aromatic nitrogens is 1. The van der Waals surface area contributed by atoms with E-state index in [-0.39, 0.29) is 62.9 Å². The van der Waals surface area contributed by atoms with Gasteiger partial charge < -0.3 is 24.7 Å². The molecule has 1 aromatic heterocycles. The summed E-state index contributed by atoms with van der Waals surface area (Å²) in [5.74, 6) is -0.384. The summed E-state index contributed by atoms with van der Waals surface area (Å²) in [6.45, 7) is 0. The summed E-state index contributed by atoms with van der Waals surface area (Å²) in [6.07, 6.45) is -1.70. The van der Waals surface area contributed by atoms with E-state index in [0.717, 1.165) is 16.3 Å². The molecule has 0 fully saturated rings. The van der Waals surface area contributed by atoms with Gasteiger partial charge in [0.2, 0.25) is 0 Å². The molecule has 0 atom stereocenters. The van der Waals surface area contributed by atoms with Crippen LogP contribution in [0.4, 0.5) is 4.79 Å². The molecule has 0 saturated heterocycles. The van der Waals surface area contributed by atoms with Gasteiger partial charge in [-0.15, -0.1) is 0 Å². The van der Waals surface area contributed by atoms with Gasteiger partial charge in [0.15, 0.2) is 0 Å². The van der Waals surface area contributed by atoms with Crippen molar-refractivity contribution < 1.29 is 71.1 Å². The van der Waals surface area contributed by atoms with Crippen LogP contribution in [0.1, 0.15) is 0 Å². The standard InChI is InChI=1S/C13H9NO4.K/c15-11-6-10-8(5-12(11)18-13(16)17)7-3-1-2-4-9(7)14-10;/h1-6,14-15H,(H,16,17);/q;+1/p-1. The van der Waals surface area contributed by atoms with Gasteiger partial charge in [0.05, 0.1) is 11.3 Å². The third kappa shape index (κ3) is 2.63. The maximum Gasteiger partial charge on any atom is 1.00 e. The van der Waals surface area contributed by atoms with Crippen molar-refractivity contribution in [3.8, 4) is 11.5 Å². The molecule has 2 aromatic carbocycles.